The summed E-state index contributed by atoms with van der Waals surface area (Å²) in [6, 6.07) is 7.80. The summed E-state index contributed by atoms with van der Waals surface area (Å²) in [5.41, 5.74) is 2.52. The minimum absolute atomic E-state index is 0.0441. The van der Waals surface area contributed by atoms with E-state index in [1.54, 1.807) is 13.0 Å². The molecule has 0 N–H and O–H groups in total. The number of hydrogen-bond acceptors (Lipinski definition) is 5. The molecule has 2 aromatic heterocycles. The quantitative estimate of drug-likeness (QED) is 0.867. The molecule has 6 nitrogen and oxygen atoms in total. The Bertz CT molecular complexity index is 683. The van der Waals surface area contributed by atoms with Gasteiger partial charge in [0.2, 0.25) is 0 Å². The Morgan fingerprint density at radius 1 is 1.22 bits per heavy atom. The summed E-state index contributed by atoms with van der Waals surface area (Å²) >= 11 is 0. The molecule has 1 fully saturated rings. The van der Waals surface area contributed by atoms with Crippen molar-refractivity contribution in [3.63, 3.8) is 0 Å². The van der Waals surface area contributed by atoms with Crippen LogP contribution in [-0.2, 0) is 6.54 Å². The van der Waals surface area contributed by atoms with Gasteiger partial charge < -0.3 is 9.42 Å². The second-order valence-electron chi connectivity index (χ2n) is 6.02. The number of amides is 1. The first kappa shape index (κ1) is 15.7. The molecule has 23 heavy (non-hydrogen) atoms. The zero-order chi connectivity index (χ0) is 16.2. The number of hydrogen-bond donors (Lipinski definition) is 0. The van der Waals surface area contributed by atoms with Gasteiger partial charge in [-0.25, -0.2) is 0 Å². The first-order valence-corrected chi connectivity index (χ1v) is 7.99. The molecule has 1 aliphatic rings. The third-order valence-corrected chi connectivity index (χ3v) is 4.05. The second kappa shape index (κ2) is 6.91. The van der Waals surface area contributed by atoms with Gasteiger partial charge in [-0.15, -0.1) is 0 Å². The van der Waals surface area contributed by atoms with Crippen LogP contribution in [0.15, 0.2) is 28.8 Å². The van der Waals surface area contributed by atoms with Gasteiger partial charge in [-0.05, 0) is 32.4 Å². The molecule has 122 valence electrons. The Morgan fingerprint density at radius 3 is 2.83 bits per heavy atom. The molecule has 0 atom stereocenters. The van der Waals surface area contributed by atoms with Crippen LogP contribution >= 0.6 is 0 Å². The minimum Gasteiger partial charge on any atom is -0.361 e. The Balaban J connectivity index is 1.60. The monoisotopic (exact) mass is 314 g/mol. The second-order valence-corrected chi connectivity index (χ2v) is 6.02. The van der Waals surface area contributed by atoms with Crippen molar-refractivity contribution in [1.82, 2.24) is 19.9 Å². The maximum atomic E-state index is 12.4. The van der Waals surface area contributed by atoms with Crippen LogP contribution in [0.1, 0.15) is 34.1 Å². The van der Waals surface area contributed by atoms with Gasteiger partial charge in [0.05, 0.1) is 5.69 Å². The van der Waals surface area contributed by atoms with Crippen molar-refractivity contribution in [2.24, 2.45) is 0 Å². The summed E-state index contributed by atoms with van der Waals surface area (Å²) in [5, 5.41) is 3.83. The third kappa shape index (κ3) is 3.96. The van der Waals surface area contributed by atoms with Crippen LogP contribution < -0.4 is 0 Å². The highest BCUT2D eigenvalue weighted by Crippen LogP contribution is 2.11. The van der Waals surface area contributed by atoms with Crippen LogP contribution in [0.2, 0.25) is 0 Å². The van der Waals surface area contributed by atoms with Crippen molar-refractivity contribution in [3.05, 3.63) is 47.1 Å². The highest BCUT2D eigenvalue weighted by Gasteiger charge is 2.22. The molecule has 3 rings (SSSR count). The molecule has 1 aliphatic heterocycles. The fraction of sp³-hybridized carbons (Fsp3) is 0.471. The van der Waals surface area contributed by atoms with E-state index in [0.717, 1.165) is 44.0 Å². The minimum atomic E-state index is -0.0441. The molecule has 1 saturated heterocycles. The first-order chi connectivity index (χ1) is 11.1. The zero-order valence-corrected chi connectivity index (χ0v) is 13.7. The van der Waals surface area contributed by atoms with Crippen LogP contribution in [0.3, 0.4) is 0 Å². The van der Waals surface area contributed by atoms with Gasteiger partial charge in [-0.2, -0.15) is 0 Å². The number of nitrogens with zero attached hydrogens (tertiary/aromatic N) is 4. The van der Waals surface area contributed by atoms with E-state index < -0.39 is 0 Å². The molecule has 0 bridgehead atoms. The number of carbonyl (C=O) groups excluding carboxylic acids is 1. The largest absolute Gasteiger partial charge is 0.361 e. The standard InChI is InChI=1S/C17H22N4O2/c1-13-5-3-6-15(18-13)12-20-7-4-8-21(10-9-20)17(22)16-11-14(2)23-19-16/h3,5-6,11H,4,7-10,12H2,1-2H3. The van der Waals surface area contributed by atoms with E-state index in [1.807, 2.05) is 24.0 Å². The van der Waals surface area contributed by atoms with Crippen LogP contribution in [0, 0.1) is 13.8 Å². The summed E-state index contributed by atoms with van der Waals surface area (Å²) in [7, 11) is 0. The van der Waals surface area contributed by atoms with Crippen LogP contribution in [0.4, 0.5) is 0 Å². The van der Waals surface area contributed by atoms with E-state index in [1.165, 1.54) is 0 Å². The number of aromatic nitrogens is 2. The van der Waals surface area contributed by atoms with E-state index in [-0.39, 0.29) is 5.91 Å². The Hall–Kier alpha value is -2.21. The summed E-state index contributed by atoms with van der Waals surface area (Å²) in [4.78, 5) is 21.2. The number of carbonyl (C=O) groups is 1. The van der Waals surface area contributed by atoms with Crippen molar-refractivity contribution in [2.75, 3.05) is 26.2 Å². The van der Waals surface area contributed by atoms with E-state index in [9.17, 15) is 4.79 Å². The van der Waals surface area contributed by atoms with E-state index in [4.69, 9.17) is 4.52 Å². The van der Waals surface area contributed by atoms with E-state index in [0.29, 0.717) is 18.0 Å². The molecule has 1 amide bonds. The van der Waals surface area contributed by atoms with Gasteiger partial charge in [0, 0.05) is 44.5 Å². The SMILES string of the molecule is Cc1cccc(CN2CCCN(C(=O)c3cc(C)on3)CC2)n1. The molecular weight excluding hydrogens is 292 g/mol. The maximum Gasteiger partial charge on any atom is 0.276 e. The Labute approximate surface area is 136 Å². The van der Waals surface area contributed by atoms with Gasteiger partial charge in [0.1, 0.15) is 5.76 Å². The summed E-state index contributed by atoms with van der Waals surface area (Å²) in [5.74, 6) is 0.618. The summed E-state index contributed by atoms with van der Waals surface area (Å²) in [6.45, 7) is 7.90. The fourth-order valence-corrected chi connectivity index (χ4v) is 2.88. The molecule has 0 unspecified atom stereocenters. The number of aryl methyl sites for hydroxylation is 2. The van der Waals surface area contributed by atoms with Crippen molar-refractivity contribution >= 4 is 5.91 Å². The average molecular weight is 314 g/mol. The Morgan fingerprint density at radius 2 is 2.09 bits per heavy atom. The van der Waals surface area contributed by atoms with Gasteiger partial charge >= 0.3 is 0 Å². The van der Waals surface area contributed by atoms with Crippen LogP contribution in [0.25, 0.3) is 0 Å². The van der Waals surface area contributed by atoms with Gasteiger partial charge in [-0.1, -0.05) is 11.2 Å². The lowest BCUT2D eigenvalue weighted by molar-refractivity contribution is 0.0750. The lowest BCUT2D eigenvalue weighted by atomic mass is 10.3. The van der Waals surface area contributed by atoms with Crippen molar-refractivity contribution in [2.45, 2.75) is 26.8 Å². The van der Waals surface area contributed by atoms with Crippen LogP contribution in [0.5, 0.6) is 0 Å². The highest BCUT2D eigenvalue weighted by atomic mass is 16.5. The molecule has 6 heteroatoms. The normalized spacial score (nSPS) is 16.3. The van der Waals surface area contributed by atoms with Gasteiger partial charge in [-0.3, -0.25) is 14.7 Å². The fourth-order valence-electron chi connectivity index (χ4n) is 2.88. The lowest BCUT2D eigenvalue weighted by Crippen LogP contribution is -2.35. The molecule has 0 spiro atoms. The number of pyridine rings is 1. The molecule has 0 saturated carbocycles. The van der Waals surface area contributed by atoms with E-state index in [2.05, 4.69) is 21.1 Å². The lowest BCUT2D eigenvalue weighted by Gasteiger charge is -2.21. The zero-order valence-electron chi connectivity index (χ0n) is 13.7. The van der Waals surface area contributed by atoms with Crippen molar-refractivity contribution in [3.8, 4) is 0 Å². The van der Waals surface area contributed by atoms with E-state index >= 15 is 0 Å². The van der Waals surface area contributed by atoms with Crippen molar-refractivity contribution < 1.29 is 9.32 Å². The van der Waals surface area contributed by atoms with Gasteiger partial charge in [0.25, 0.3) is 5.91 Å². The number of rotatable bonds is 3. The average Bonchev–Trinajstić information content (AvgIpc) is 2.82. The predicted octanol–water partition coefficient (Wildman–Crippen LogP) is 2.03. The molecule has 2 aromatic rings. The third-order valence-electron chi connectivity index (χ3n) is 4.05. The highest BCUT2D eigenvalue weighted by molar-refractivity contribution is 5.92. The maximum absolute atomic E-state index is 12.4. The molecule has 0 aromatic carbocycles. The Kier molecular flexibility index (Phi) is 4.71. The summed E-state index contributed by atoms with van der Waals surface area (Å²) in [6.07, 6.45) is 0.953. The molecular formula is C17H22N4O2. The smallest absolute Gasteiger partial charge is 0.276 e. The molecule has 0 radical (unpaired) electrons. The summed E-state index contributed by atoms with van der Waals surface area (Å²) < 4.78 is 5.00. The first-order valence-electron chi connectivity index (χ1n) is 7.99. The topological polar surface area (TPSA) is 62.5 Å². The van der Waals surface area contributed by atoms with Gasteiger partial charge in [0.15, 0.2) is 5.69 Å². The predicted molar refractivity (Wildman–Crippen MR) is 86.0 cm³/mol. The molecule has 3 heterocycles. The van der Waals surface area contributed by atoms with Crippen molar-refractivity contribution in [1.29, 1.82) is 0 Å². The van der Waals surface area contributed by atoms with Crippen LogP contribution in [-0.4, -0.2) is 52.0 Å². The molecule has 0 aliphatic carbocycles.